The molecule has 1 fully saturated rings. The van der Waals surface area contributed by atoms with E-state index in [0.717, 1.165) is 43.5 Å². The quantitative estimate of drug-likeness (QED) is 0.917. The van der Waals surface area contributed by atoms with Crippen LogP contribution in [0, 0.1) is 5.92 Å². The molecular weight excluding hydrogens is 288 g/mol. The van der Waals surface area contributed by atoms with Gasteiger partial charge in [-0.15, -0.1) is 12.4 Å². The van der Waals surface area contributed by atoms with Gasteiger partial charge >= 0.3 is 0 Å². The van der Waals surface area contributed by atoms with Gasteiger partial charge in [0.05, 0.1) is 6.54 Å². The van der Waals surface area contributed by atoms with Crippen LogP contribution in [0.2, 0.25) is 0 Å². The lowest BCUT2D eigenvalue weighted by Gasteiger charge is -2.13. The molecule has 114 valence electrons. The normalized spacial score (nSPS) is 18.6. The maximum Gasteiger partial charge on any atom is 0.257 e. The summed E-state index contributed by atoms with van der Waals surface area (Å²) in [5.41, 5.74) is 0.973. The topological polar surface area (TPSA) is 54.2 Å². The summed E-state index contributed by atoms with van der Waals surface area (Å²) in [7, 11) is 2.01. The molecule has 0 saturated carbocycles. The highest BCUT2D eigenvalue weighted by Crippen LogP contribution is 2.19. The lowest BCUT2D eigenvalue weighted by molar-refractivity contribution is 0.299. The van der Waals surface area contributed by atoms with Crippen LogP contribution >= 0.6 is 12.4 Å². The van der Waals surface area contributed by atoms with Crippen LogP contribution in [0.15, 0.2) is 34.9 Å². The zero-order chi connectivity index (χ0) is 13.8. The Morgan fingerprint density at radius 1 is 1.33 bits per heavy atom. The van der Waals surface area contributed by atoms with E-state index in [-0.39, 0.29) is 12.4 Å². The van der Waals surface area contributed by atoms with Crippen molar-refractivity contribution in [2.45, 2.75) is 13.0 Å². The van der Waals surface area contributed by atoms with E-state index in [4.69, 9.17) is 4.52 Å². The van der Waals surface area contributed by atoms with Gasteiger partial charge in [0.2, 0.25) is 0 Å². The molecule has 3 rings (SSSR count). The molecule has 1 saturated heterocycles. The number of hydrogen-bond acceptors (Lipinski definition) is 5. The highest BCUT2D eigenvalue weighted by atomic mass is 35.5. The Labute approximate surface area is 131 Å². The van der Waals surface area contributed by atoms with Crippen LogP contribution in [0.3, 0.4) is 0 Å². The van der Waals surface area contributed by atoms with Crippen molar-refractivity contribution in [1.29, 1.82) is 0 Å². The van der Waals surface area contributed by atoms with Gasteiger partial charge in [-0.3, -0.25) is 4.90 Å². The number of rotatable bonds is 5. The minimum absolute atomic E-state index is 0. The van der Waals surface area contributed by atoms with E-state index < -0.39 is 0 Å². The Hall–Kier alpha value is -1.43. The molecule has 5 nitrogen and oxygen atoms in total. The fourth-order valence-electron chi connectivity index (χ4n) is 2.73. The van der Waals surface area contributed by atoms with Gasteiger partial charge in [0.1, 0.15) is 0 Å². The predicted octanol–water partition coefficient (Wildman–Crippen LogP) is 2.20. The molecule has 0 amide bonds. The second-order valence-corrected chi connectivity index (χ2v) is 5.33. The maximum atomic E-state index is 5.34. The molecule has 1 unspecified atom stereocenters. The number of aromatic nitrogens is 2. The van der Waals surface area contributed by atoms with Crippen LogP contribution in [0.1, 0.15) is 12.2 Å². The third-order valence-corrected chi connectivity index (χ3v) is 3.72. The molecule has 1 aromatic heterocycles. The van der Waals surface area contributed by atoms with E-state index in [0.29, 0.717) is 5.89 Å². The number of benzene rings is 1. The summed E-state index contributed by atoms with van der Waals surface area (Å²) in [6.45, 7) is 4.08. The smallest absolute Gasteiger partial charge is 0.257 e. The number of nitrogens with zero attached hydrogens (tertiary/aromatic N) is 3. The molecule has 6 heteroatoms. The number of nitrogens with one attached hydrogen (secondary N) is 1. The minimum atomic E-state index is 0. The first-order valence-electron chi connectivity index (χ1n) is 7.10. The van der Waals surface area contributed by atoms with Crippen LogP contribution in [-0.4, -0.2) is 41.7 Å². The van der Waals surface area contributed by atoms with E-state index in [2.05, 4.69) is 20.4 Å². The van der Waals surface area contributed by atoms with Crippen molar-refractivity contribution >= 4 is 12.4 Å². The highest BCUT2D eigenvalue weighted by molar-refractivity contribution is 5.85. The second-order valence-electron chi connectivity index (χ2n) is 5.33. The number of halogens is 1. The number of likely N-dealkylation sites (tertiary alicyclic amines) is 1. The lowest BCUT2D eigenvalue weighted by Crippen LogP contribution is -2.24. The van der Waals surface area contributed by atoms with Crippen molar-refractivity contribution in [3.05, 3.63) is 36.2 Å². The Kier molecular flexibility index (Phi) is 5.73. The standard InChI is InChI=1S/C15H20N4O.ClH/c1-16-9-12-7-8-19(10-12)11-14-17-15(20-18-14)13-5-3-2-4-6-13;/h2-6,12,16H,7-11H2,1H3;1H. The van der Waals surface area contributed by atoms with Crippen molar-refractivity contribution in [2.75, 3.05) is 26.7 Å². The van der Waals surface area contributed by atoms with Crippen LogP contribution in [0.25, 0.3) is 11.5 Å². The first kappa shape index (κ1) is 15.9. The Balaban J connectivity index is 0.00000161. The Morgan fingerprint density at radius 2 is 2.14 bits per heavy atom. The summed E-state index contributed by atoms with van der Waals surface area (Å²) in [5, 5.41) is 7.33. The van der Waals surface area contributed by atoms with Crippen molar-refractivity contribution in [1.82, 2.24) is 20.4 Å². The van der Waals surface area contributed by atoms with Gasteiger partial charge in [-0.2, -0.15) is 4.98 Å². The van der Waals surface area contributed by atoms with Gasteiger partial charge < -0.3 is 9.84 Å². The minimum Gasteiger partial charge on any atom is -0.334 e. The van der Waals surface area contributed by atoms with Gasteiger partial charge in [0.25, 0.3) is 5.89 Å². The molecule has 1 N–H and O–H groups in total. The van der Waals surface area contributed by atoms with E-state index in [1.54, 1.807) is 0 Å². The molecule has 1 aliphatic rings. The summed E-state index contributed by atoms with van der Waals surface area (Å²) >= 11 is 0. The molecule has 0 aliphatic carbocycles. The molecule has 21 heavy (non-hydrogen) atoms. The summed E-state index contributed by atoms with van der Waals surface area (Å²) in [4.78, 5) is 6.87. The molecule has 1 aromatic carbocycles. The molecule has 0 radical (unpaired) electrons. The van der Waals surface area contributed by atoms with Gasteiger partial charge in [-0.05, 0) is 44.6 Å². The van der Waals surface area contributed by atoms with Crippen LogP contribution in [0.4, 0.5) is 0 Å². The van der Waals surface area contributed by atoms with Crippen molar-refractivity contribution in [2.24, 2.45) is 5.92 Å². The lowest BCUT2D eigenvalue weighted by atomic mass is 10.1. The van der Waals surface area contributed by atoms with Gasteiger partial charge in [0, 0.05) is 12.1 Å². The van der Waals surface area contributed by atoms with Crippen molar-refractivity contribution in [3.63, 3.8) is 0 Å². The summed E-state index contributed by atoms with van der Waals surface area (Å²) in [6, 6.07) is 9.89. The van der Waals surface area contributed by atoms with Crippen molar-refractivity contribution < 1.29 is 4.52 Å². The molecule has 1 atom stereocenters. The molecule has 0 bridgehead atoms. The summed E-state index contributed by atoms with van der Waals surface area (Å²) in [6.07, 6.45) is 1.24. The first-order chi connectivity index (χ1) is 9.85. The third-order valence-electron chi connectivity index (χ3n) is 3.72. The average molecular weight is 309 g/mol. The Bertz CT molecular complexity index is 546. The molecule has 1 aliphatic heterocycles. The SMILES string of the molecule is CNCC1CCN(Cc2noc(-c3ccccc3)n2)C1.Cl. The van der Waals surface area contributed by atoms with E-state index in [9.17, 15) is 0 Å². The van der Waals surface area contributed by atoms with E-state index in [1.165, 1.54) is 6.42 Å². The number of hydrogen-bond donors (Lipinski definition) is 1. The maximum absolute atomic E-state index is 5.34. The third kappa shape index (κ3) is 4.03. The molecule has 0 spiro atoms. The average Bonchev–Trinajstić information content (AvgIpc) is 3.11. The Morgan fingerprint density at radius 3 is 2.90 bits per heavy atom. The van der Waals surface area contributed by atoms with E-state index >= 15 is 0 Å². The highest BCUT2D eigenvalue weighted by Gasteiger charge is 2.23. The molecule has 2 heterocycles. The second kappa shape index (κ2) is 7.54. The zero-order valence-corrected chi connectivity index (χ0v) is 13.0. The van der Waals surface area contributed by atoms with Gasteiger partial charge in [-0.1, -0.05) is 23.4 Å². The monoisotopic (exact) mass is 308 g/mol. The fourth-order valence-corrected chi connectivity index (χ4v) is 2.73. The zero-order valence-electron chi connectivity index (χ0n) is 12.2. The van der Waals surface area contributed by atoms with Crippen LogP contribution in [0.5, 0.6) is 0 Å². The largest absolute Gasteiger partial charge is 0.334 e. The fraction of sp³-hybridized carbons (Fsp3) is 0.467. The molecular formula is C15H21ClN4O. The van der Waals surface area contributed by atoms with Gasteiger partial charge in [-0.25, -0.2) is 0 Å². The van der Waals surface area contributed by atoms with Crippen LogP contribution < -0.4 is 5.32 Å². The molecule has 2 aromatic rings. The van der Waals surface area contributed by atoms with E-state index in [1.807, 2.05) is 37.4 Å². The van der Waals surface area contributed by atoms with Gasteiger partial charge in [0.15, 0.2) is 5.82 Å². The first-order valence-corrected chi connectivity index (χ1v) is 7.10. The van der Waals surface area contributed by atoms with Crippen LogP contribution in [-0.2, 0) is 6.54 Å². The summed E-state index contributed by atoms with van der Waals surface area (Å²) < 4.78 is 5.34. The van der Waals surface area contributed by atoms with Crippen molar-refractivity contribution in [3.8, 4) is 11.5 Å². The summed E-state index contributed by atoms with van der Waals surface area (Å²) in [5.74, 6) is 2.11. The predicted molar refractivity (Wildman–Crippen MR) is 84.3 cm³/mol.